The summed E-state index contributed by atoms with van der Waals surface area (Å²) in [6, 6.07) is 0.933. The van der Waals surface area contributed by atoms with Crippen molar-refractivity contribution in [2.45, 2.75) is 11.3 Å². The second-order valence-electron chi connectivity index (χ2n) is 2.71. The summed E-state index contributed by atoms with van der Waals surface area (Å²) < 4.78 is 51.5. The van der Waals surface area contributed by atoms with Crippen molar-refractivity contribution in [3.05, 3.63) is 16.2 Å². The number of nitrogens with zero attached hydrogens (tertiary/aromatic N) is 1. The Morgan fingerprint density at radius 3 is 2.50 bits per heavy atom. The van der Waals surface area contributed by atoms with E-state index in [2.05, 4.69) is 25.7 Å². The number of nitrogens with two attached hydrogens (primary N) is 1. The highest BCUT2D eigenvalue weighted by Crippen LogP contribution is 2.31. The lowest BCUT2D eigenvalue weighted by Crippen LogP contribution is -2.15. The molecular formula is C7H7BrF2N2O3S. The first kappa shape index (κ1) is 13.3. The Morgan fingerprint density at radius 2 is 2.12 bits per heavy atom. The van der Waals surface area contributed by atoms with Crippen LogP contribution in [0.1, 0.15) is 12.1 Å². The first-order valence-corrected chi connectivity index (χ1v) is 6.16. The van der Waals surface area contributed by atoms with Gasteiger partial charge in [-0.2, -0.15) is 0 Å². The molecule has 5 nitrogen and oxygen atoms in total. The van der Waals surface area contributed by atoms with Crippen LogP contribution in [0.15, 0.2) is 15.4 Å². The Kier molecular flexibility index (Phi) is 3.81. The van der Waals surface area contributed by atoms with Crippen LogP contribution in [-0.2, 0) is 10.0 Å². The van der Waals surface area contributed by atoms with Crippen LogP contribution in [0, 0.1) is 0 Å². The third-order valence-corrected chi connectivity index (χ3v) is 3.18. The number of ether oxygens (including phenoxy) is 1. The topological polar surface area (TPSA) is 82.3 Å². The van der Waals surface area contributed by atoms with Crippen LogP contribution in [0.25, 0.3) is 0 Å². The lowest BCUT2D eigenvalue weighted by Gasteiger charge is -2.09. The number of sulfonamides is 1. The number of alkyl halides is 2. The summed E-state index contributed by atoms with van der Waals surface area (Å²) in [6.45, 7) is 0. The molecule has 0 aliphatic carbocycles. The molecule has 0 aliphatic rings. The van der Waals surface area contributed by atoms with Gasteiger partial charge < -0.3 is 4.74 Å². The van der Waals surface area contributed by atoms with Crippen molar-refractivity contribution in [3.8, 4) is 5.88 Å². The van der Waals surface area contributed by atoms with E-state index in [-0.39, 0.29) is 4.47 Å². The van der Waals surface area contributed by atoms with E-state index in [1.165, 1.54) is 0 Å². The van der Waals surface area contributed by atoms with Gasteiger partial charge in [0.05, 0.1) is 7.11 Å². The molecule has 0 bridgehead atoms. The maximum Gasteiger partial charge on any atom is 0.281 e. The maximum absolute atomic E-state index is 12.4. The summed E-state index contributed by atoms with van der Waals surface area (Å²) in [5.41, 5.74) is -0.607. The van der Waals surface area contributed by atoms with Crippen LogP contribution in [0.4, 0.5) is 8.78 Å². The van der Waals surface area contributed by atoms with Gasteiger partial charge in [-0.1, -0.05) is 0 Å². The van der Waals surface area contributed by atoms with Gasteiger partial charge in [-0.3, -0.25) is 0 Å². The zero-order valence-electron chi connectivity index (χ0n) is 7.95. The smallest absolute Gasteiger partial charge is 0.281 e. The number of pyridine rings is 1. The van der Waals surface area contributed by atoms with Crippen LogP contribution in [0.3, 0.4) is 0 Å². The quantitative estimate of drug-likeness (QED) is 0.914. The van der Waals surface area contributed by atoms with Crippen molar-refractivity contribution in [3.63, 3.8) is 0 Å². The molecule has 0 atom stereocenters. The molecule has 90 valence electrons. The van der Waals surface area contributed by atoms with Gasteiger partial charge in [0.25, 0.3) is 6.43 Å². The summed E-state index contributed by atoms with van der Waals surface area (Å²) in [6.07, 6.45) is -2.85. The number of rotatable bonds is 3. The normalized spacial score (nSPS) is 11.9. The van der Waals surface area contributed by atoms with E-state index in [4.69, 9.17) is 5.14 Å². The Balaban J connectivity index is 3.51. The molecule has 9 heteroatoms. The number of aromatic nitrogens is 1. The van der Waals surface area contributed by atoms with Crippen molar-refractivity contribution < 1.29 is 21.9 Å². The predicted octanol–water partition coefficient (Wildman–Crippen LogP) is 1.44. The van der Waals surface area contributed by atoms with Gasteiger partial charge in [0.2, 0.25) is 15.9 Å². The Morgan fingerprint density at radius 1 is 1.56 bits per heavy atom. The summed E-state index contributed by atoms with van der Waals surface area (Å²) in [7, 11) is -2.96. The van der Waals surface area contributed by atoms with Gasteiger partial charge in [0.1, 0.15) is 10.6 Å². The Bertz CT molecular complexity index is 507. The van der Waals surface area contributed by atoms with Crippen LogP contribution in [0.5, 0.6) is 5.88 Å². The zero-order valence-corrected chi connectivity index (χ0v) is 10.3. The Hall–Kier alpha value is -0.800. The highest BCUT2D eigenvalue weighted by Gasteiger charge is 2.23. The molecule has 0 aromatic carbocycles. The van der Waals surface area contributed by atoms with Gasteiger partial charge in [0.15, 0.2) is 0 Å². The molecule has 1 aromatic rings. The largest absolute Gasteiger partial charge is 0.480 e. The van der Waals surface area contributed by atoms with Crippen LogP contribution < -0.4 is 9.88 Å². The first-order valence-electron chi connectivity index (χ1n) is 3.82. The number of hydrogen-bond donors (Lipinski definition) is 1. The summed E-state index contributed by atoms with van der Waals surface area (Å²) in [5, 5.41) is 4.87. The fourth-order valence-corrected chi connectivity index (χ4v) is 2.27. The third-order valence-electron chi connectivity index (χ3n) is 1.64. The average Bonchev–Trinajstić information content (AvgIpc) is 2.15. The molecule has 0 amide bonds. The number of methoxy groups -OCH3 is 1. The lowest BCUT2D eigenvalue weighted by atomic mass is 10.3. The average molecular weight is 317 g/mol. The molecule has 1 aromatic heterocycles. The van der Waals surface area contributed by atoms with Gasteiger partial charge in [-0.25, -0.2) is 27.3 Å². The SMILES string of the molecule is COc1nc(C(F)F)c(Br)cc1S(N)(=O)=O. The fraction of sp³-hybridized carbons (Fsp3) is 0.286. The molecule has 0 radical (unpaired) electrons. The minimum atomic E-state index is -4.07. The van der Waals surface area contributed by atoms with Crippen molar-refractivity contribution in [2.75, 3.05) is 7.11 Å². The van der Waals surface area contributed by atoms with E-state index in [9.17, 15) is 17.2 Å². The number of primary sulfonamides is 1. The molecule has 0 unspecified atom stereocenters. The molecule has 0 saturated heterocycles. The van der Waals surface area contributed by atoms with E-state index in [0.717, 1.165) is 13.2 Å². The van der Waals surface area contributed by atoms with Gasteiger partial charge >= 0.3 is 0 Å². The van der Waals surface area contributed by atoms with E-state index in [1.54, 1.807) is 0 Å². The van der Waals surface area contributed by atoms with Crippen LogP contribution in [-0.4, -0.2) is 20.5 Å². The van der Waals surface area contributed by atoms with E-state index < -0.39 is 32.9 Å². The van der Waals surface area contributed by atoms with Crippen molar-refractivity contribution in [1.82, 2.24) is 4.98 Å². The second-order valence-corrected chi connectivity index (χ2v) is 5.09. The zero-order chi connectivity index (χ0) is 12.5. The van der Waals surface area contributed by atoms with Crippen molar-refractivity contribution in [1.29, 1.82) is 0 Å². The standard InChI is InChI=1S/C7H7BrF2N2O3S/c1-15-7-4(16(11,13)14)2-3(8)5(12-7)6(9)10/h2,6H,1H3,(H2,11,13,14). The summed E-state index contributed by atoms with van der Waals surface area (Å²) in [5.74, 6) is -0.457. The minimum absolute atomic E-state index is 0.146. The molecule has 0 spiro atoms. The van der Waals surface area contributed by atoms with E-state index in [0.29, 0.717) is 0 Å². The highest BCUT2D eigenvalue weighted by molar-refractivity contribution is 9.10. The molecule has 2 N–H and O–H groups in total. The van der Waals surface area contributed by atoms with Crippen LogP contribution >= 0.6 is 15.9 Å². The Labute approximate surface area is 98.8 Å². The second kappa shape index (κ2) is 4.60. The summed E-state index contributed by atoms with van der Waals surface area (Å²) in [4.78, 5) is 2.93. The van der Waals surface area contributed by atoms with Crippen molar-refractivity contribution >= 4 is 26.0 Å². The fourth-order valence-electron chi connectivity index (χ4n) is 0.972. The monoisotopic (exact) mass is 316 g/mol. The molecule has 1 rings (SSSR count). The molecule has 0 aliphatic heterocycles. The van der Waals surface area contributed by atoms with Crippen LogP contribution in [0.2, 0.25) is 0 Å². The van der Waals surface area contributed by atoms with Gasteiger partial charge in [0, 0.05) is 4.47 Å². The van der Waals surface area contributed by atoms with Gasteiger partial charge in [-0.15, -0.1) is 0 Å². The third kappa shape index (κ3) is 2.66. The van der Waals surface area contributed by atoms with E-state index in [1.807, 2.05) is 0 Å². The van der Waals surface area contributed by atoms with E-state index >= 15 is 0 Å². The predicted molar refractivity (Wildman–Crippen MR) is 54.8 cm³/mol. The van der Waals surface area contributed by atoms with Gasteiger partial charge in [-0.05, 0) is 22.0 Å². The minimum Gasteiger partial charge on any atom is -0.480 e. The van der Waals surface area contributed by atoms with Crippen molar-refractivity contribution in [2.24, 2.45) is 5.14 Å². The maximum atomic E-state index is 12.4. The lowest BCUT2D eigenvalue weighted by molar-refractivity contribution is 0.143. The summed E-state index contributed by atoms with van der Waals surface area (Å²) >= 11 is 2.79. The molecule has 1 heterocycles. The number of hydrogen-bond acceptors (Lipinski definition) is 4. The molecule has 16 heavy (non-hydrogen) atoms. The molecular weight excluding hydrogens is 310 g/mol. The number of halogens is 3. The first-order chi connectivity index (χ1) is 7.27. The molecule has 0 fully saturated rings. The highest BCUT2D eigenvalue weighted by atomic mass is 79.9. The molecule has 0 saturated carbocycles.